The standard InChI is InChI=1S/C64H106O6/c1-4-7-10-13-16-19-22-24-26-28-30-32-34-36-38-40-42-45-48-51-54-57-63(66)69-60-61(59-68-62(65)56-53-50-47-44-21-18-15-12-9-6-3)70-64(67)58-55-52-49-46-43-41-39-37-35-33-31-29-27-25-23-20-17-14-11-8-5-2/h7,10,12,15-16,19,23-26,29-32,35-38,61H,4-6,8-9,11,13-14,17-18,20-22,27-28,33-34,39-60H2,1-3H3/b10-7-,15-12-,19-16-,25-23-,26-24-,31-29-,32-30-,37-35-,38-36-. The van der Waals surface area contributed by atoms with Crippen LogP contribution in [0.2, 0.25) is 0 Å². The van der Waals surface area contributed by atoms with Gasteiger partial charge in [0, 0.05) is 19.3 Å². The van der Waals surface area contributed by atoms with Crippen LogP contribution in [0.1, 0.15) is 258 Å². The maximum Gasteiger partial charge on any atom is 0.306 e. The number of hydrogen-bond donors (Lipinski definition) is 0. The van der Waals surface area contributed by atoms with Gasteiger partial charge in [-0.15, -0.1) is 0 Å². The van der Waals surface area contributed by atoms with Gasteiger partial charge in [-0.25, -0.2) is 0 Å². The van der Waals surface area contributed by atoms with Crippen molar-refractivity contribution < 1.29 is 28.6 Å². The van der Waals surface area contributed by atoms with Crippen LogP contribution in [0.5, 0.6) is 0 Å². The number of carbonyl (C=O) groups is 3. The van der Waals surface area contributed by atoms with Crippen LogP contribution in [0.4, 0.5) is 0 Å². The molecule has 0 saturated carbocycles. The van der Waals surface area contributed by atoms with Crippen molar-refractivity contribution >= 4 is 17.9 Å². The molecule has 0 spiro atoms. The Morgan fingerprint density at radius 2 is 0.586 bits per heavy atom. The van der Waals surface area contributed by atoms with Gasteiger partial charge in [-0.05, 0) is 122 Å². The van der Waals surface area contributed by atoms with E-state index in [1.54, 1.807) is 0 Å². The molecule has 0 aromatic rings. The summed E-state index contributed by atoms with van der Waals surface area (Å²) >= 11 is 0. The third-order valence-electron chi connectivity index (χ3n) is 12.0. The number of rotatable bonds is 51. The van der Waals surface area contributed by atoms with Crippen LogP contribution < -0.4 is 0 Å². The maximum atomic E-state index is 12.9. The number of carbonyl (C=O) groups excluding carboxylic acids is 3. The molecule has 0 aliphatic carbocycles. The summed E-state index contributed by atoms with van der Waals surface area (Å²) < 4.78 is 16.8. The second-order valence-electron chi connectivity index (χ2n) is 18.8. The van der Waals surface area contributed by atoms with E-state index in [0.717, 1.165) is 154 Å². The molecule has 0 N–H and O–H groups in total. The van der Waals surface area contributed by atoms with E-state index in [4.69, 9.17) is 14.2 Å². The molecule has 70 heavy (non-hydrogen) atoms. The molecular weight excluding hydrogens is 865 g/mol. The summed E-state index contributed by atoms with van der Waals surface area (Å²) in [7, 11) is 0. The number of ether oxygens (including phenoxy) is 3. The van der Waals surface area contributed by atoms with Gasteiger partial charge in [-0.2, -0.15) is 0 Å². The van der Waals surface area contributed by atoms with Crippen LogP contribution >= 0.6 is 0 Å². The van der Waals surface area contributed by atoms with Crippen LogP contribution in [-0.2, 0) is 28.6 Å². The lowest BCUT2D eigenvalue weighted by Crippen LogP contribution is -2.30. The van der Waals surface area contributed by atoms with Gasteiger partial charge in [0.1, 0.15) is 13.2 Å². The molecule has 398 valence electrons. The van der Waals surface area contributed by atoms with Crippen molar-refractivity contribution in [2.45, 2.75) is 264 Å². The van der Waals surface area contributed by atoms with Crippen molar-refractivity contribution in [2.75, 3.05) is 13.2 Å². The third-order valence-corrected chi connectivity index (χ3v) is 12.0. The van der Waals surface area contributed by atoms with Gasteiger partial charge in [0.2, 0.25) is 0 Å². The van der Waals surface area contributed by atoms with Crippen LogP contribution in [-0.4, -0.2) is 37.2 Å². The summed E-state index contributed by atoms with van der Waals surface area (Å²) in [5.74, 6) is -0.939. The topological polar surface area (TPSA) is 78.9 Å². The first-order valence-corrected chi connectivity index (χ1v) is 28.9. The lowest BCUT2D eigenvalue weighted by Gasteiger charge is -2.18. The molecule has 0 rings (SSSR count). The monoisotopic (exact) mass is 971 g/mol. The first kappa shape index (κ1) is 66.1. The Morgan fingerprint density at radius 1 is 0.300 bits per heavy atom. The zero-order valence-electron chi connectivity index (χ0n) is 45.5. The Balaban J connectivity index is 4.39. The largest absolute Gasteiger partial charge is 0.462 e. The zero-order chi connectivity index (χ0) is 50.7. The lowest BCUT2D eigenvalue weighted by molar-refractivity contribution is -0.167. The molecule has 6 heteroatoms. The first-order valence-electron chi connectivity index (χ1n) is 28.9. The normalized spacial score (nSPS) is 12.9. The highest BCUT2D eigenvalue weighted by atomic mass is 16.6. The fourth-order valence-corrected chi connectivity index (χ4v) is 7.65. The quantitative estimate of drug-likeness (QED) is 0.0262. The van der Waals surface area contributed by atoms with E-state index >= 15 is 0 Å². The molecule has 0 aliphatic rings. The SMILES string of the molecule is CC/C=C\C/C=C\C/C=C\C/C=C\C/C=C\CCCCCCCC(=O)OCC(COC(=O)CCCCCCC/C=C\CCC)OC(=O)CCCCCCCC/C=C\C/C=C\C/C=C\CCCCCCC. The second kappa shape index (κ2) is 57.6. The van der Waals surface area contributed by atoms with Gasteiger partial charge in [-0.1, -0.05) is 226 Å². The fourth-order valence-electron chi connectivity index (χ4n) is 7.65. The van der Waals surface area contributed by atoms with Gasteiger partial charge in [0.15, 0.2) is 6.10 Å². The summed E-state index contributed by atoms with van der Waals surface area (Å²) in [4.78, 5) is 38.1. The van der Waals surface area contributed by atoms with E-state index in [1.165, 1.54) is 64.2 Å². The molecule has 0 heterocycles. The Morgan fingerprint density at radius 3 is 0.943 bits per heavy atom. The molecule has 0 aliphatic heterocycles. The third kappa shape index (κ3) is 55.0. The fraction of sp³-hybridized carbons (Fsp3) is 0.672. The van der Waals surface area contributed by atoms with E-state index in [-0.39, 0.29) is 31.1 Å². The van der Waals surface area contributed by atoms with Gasteiger partial charge in [0.25, 0.3) is 0 Å². The first-order chi connectivity index (χ1) is 34.5. The summed E-state index contributed by atoms with van der Waals surface area (Å²) in [6.45, 7) is 6.42. The minimum atomic E-state index is -0.799. The van der Waals surface area contributed by atoms with E-state index in [2.05, 4.69) is 130 Å². The van der Waals surface area contributed by atoms with Crippen molar-refractivity contribution in [1.82, 2.24) is 0 Å². The van der Waals surface area contributed by atoms with Crippen molar-refractivity contribution in [3.8, 4) is 0 Å². The molecule has 6 nitrogen and oxygen atoms in total. The number of allylic oxidation sites excluding steroid dienone is 18. The molecule has 0 bridgehead atoms. The average Bonchev–Trinajstić information content (AvgIpc) is 3.36. The molecule has 0 saturated heterocycles. The Hall–Kier alpha value is -3.93. The van der Waals surface area contributed by atoms with Crippen LogP contribution in [0.15, 0.2) is 109 Å². The lowest BCUT2D eigenvalue weighted by atomic mass is 10.1. The Kier molecular flexibility index (Phi) is 54.4. The van der Waals surface area contributed by atoms with Crippen molar-refractivity contribution in [1.29, 1.82) is 0 Å². The van der Waals surface area contributed by atoms with E-state index in [0.29, 0.717) is 19.3 Å². The smallest absolute Gasteiger partial charge is 0.306 e. The van der Waals surface area contributed by atoms with Crippen molar-refractivity contribution in [3.63, 3.8) is 0 Å². The maximum absolute atomic E-state index is 12.9. The molecule has 0 aromatic heterocycles. The molecule has 0 aromatic carbocycles. The van der Waals surface area contributed by atoms with Crippen molar-refractivity contribution in [2.24, 2.45) is 0 Å². The Bertz CT molecular complexity index is 1440. The molecular formula is C64H106O6. The zero-order valence-corrected chi connectivity index (χ0v) is 45.5. The van der Waals surface area contributed by atoms with E-state index < -0.39 is 6.10 Å². The molecule has 0 amide bonds. The highest BCUT2D eigenvalue weighted by Crippen LogP contribution is 2.14. The van der Waals surface area contributed by atoms with E-state index in [1.807, 2.05) is 0 Å². The Labute approximate surface area is 431 Å². The highest BCUT2D eigenvalue weighted by molar-refractivity contribution is 5.71. The number of unbranched alkanes of at least 4 members (excludes halogenated alkanes) is 22. The average molecular weight is 972 g/mol. The summed E-state index contributed by atoms with van der Waals surface area (Å²) in [6.07, 6.45) is 77.9. The predicted octanol–water partition coefficient (Wildman–Crippen LogP) is 19.5. The molecule has 0 fully saturated rings. The molecule has 1 unspecified atom stereocenters. The van der Waals surface area contributed by atoms with Gasteiger partial charge < -0.3 is 14.2 Å². The number of hydrogen-bond acceptors (Lipinski definition) is 6. The summed E-state index contributed by atoms with van der Waals surface area (Å²) in [6, 6.07) is 0. The summed E-state index contributed by atoms with van der Waals surface area (Å²) in [5.41, 5.74) is 0. The van der Waals surface area contributed by atoms with Crippen LogP contribution in [0.3, 0.4) is 0 Å². The van der Waals surface area contributed by atoms with Crippen LogP contribution in [0, 0.1) is 0 Å². The van der Waals surface area contributed by atoms with E-state index in [9.17, 15) is 14.4 Å². The molecule has 0 radical (unpaired) electrons. The minimum Gasteiger partial charge on any atom is -0.462 e. The predicted molar refractivity (Wildman–Crippen MR) is 302 cm³/mol. The van der Waals surface area contributed by atoms with Crippen molar-refractivity contribution in [3.05, 3.63) is 109 Å². The highest BCUT2D eigenvalue weighted by Gasteiger charge is 2.19. The van der Waals surface area contributed by atoms with Gasteiger partial charge in [-0.3, -0.25) is 14.4 Å². The number of esters is 3. The van der Waals surface area contributed by atoms with Gasteiger partial charge in [0.05, 0.1) is 0 Å². The minimum absolute atomic E-state index is 0.0960. The van der Waals surface area contributed by atoms with Gasteiger partial charge >= 0.3 is 17.9 Å². The van der Waals surface area contributed by atoms with Crippen LogP contribution in [0.25, 0.3) is 0 Å². The molecule has 1 atom stereocenters. The second-order valence-corrected chi connectivity index (χ2v) is 18.8. The summed E-state index contributed by atoms with van der Waals surface area (Å²) in [5, 5.41) is 0.